The standard InChI is InChI=1S/C14H24N4O2/c1-9(2)11-12(18(19)20)13(17(5)16-11)15-10-7-6-8-14(10,3)4/h9-10,15H,6-8H2,1-5H3. The Kier molecular flexibility index (Phi) is 3.75. The van der Waals surface area contributed by atoms with Crippen LogP contribution in [0.1, 0.15) is 58.6 Å². The van der Waals surface area contributed by atoms with Crippen molar-refractivity contribution >= 4 is 11.5 Å². The molecule has 1 atom stereocenters. The van der Waals surface area contributed by atoms with Crippen molar-refractivity contribution in [1.82, 2.24) is 9.78 Å². The number of hydrogen-bond acceptors (Lipinski definition) is 4. The van der Waals surface area contributed by atoms with Gasteiger partial charge in [-0.1, -0.05) is 34.1 Å². The molecule has 0 saturated heterocycles. The molecule has 1 unspecified atom stereocenters. The van der Waals surface area contributed by atoms with Gasteiger partial charge >= 0.3 is 5.69 Å². The van der Waals surface area contributed by atoms with Crippen LogP contribution in [0.2, 0.25) is 0 Å². The largest absolute Gasteiger partial charge is 0.361 e. The van der Waals surface area contributed by atoms with Crippen LogP contribution in [0.4, 0.5) is 11.5 Å². The third-order valence-electron chi connectivity index (χ3n) is 4.35. The Morgan fingerprint density at radius 2 is 2.15 bits per heavy atom. The van der Waals surface area contributed by atoms with E-state index in [1.807, 2.05) is 13.8 Å². The molecule has 112 valence electrons. The van der Waals surface area contributed by atoms with E-state index in [2.05, 4.69) is 24.3 Å². The zero-order valence-corrected chi connectivity index (χ0v) is 12.9. The van der Waals surface area contributed by atoms with E-state index < -0.39 is 0 Å². The van der Waals surface area contributed by atoms with Gasteiger partial charge < -0.3 is 5.32 Å². The molecule has 0 bridgehead atoms. The highest BCUT2D eigenvalue weighted by Crippen LogP contribution is 2.41. The van der Waals surface area contributed by atoms with Gasteiger partial charge in [-0.25, -0.2) is 4.68 Å². The molecule has 2 rings (SSSR count). The molecule has 6 nitrogen and oxygen atoms in total. The van der Waals surface area contributed by atoms with Crippen LogP contribution in [0.15, 0.2) is 0 Å². The van der Waals surface area contributed by atoms with Gasteiger partial charge in [0.05, 0.1) is 4.92 Å². The Balaban J connectivity index is 2.39. The Bertz CT molecular complexity index is 519. The number of aryl methyl sites for hydroxylation is 1. The van der Waals surface area contributed by atoms with Crippen LogP contribution < -0.4 is 5.32 Å². The van der Waals surface area contributed by atoms with Crippen molar-refractivity contribution in [3.63, 3.8) is 0 Å². The second-order valence-corrected chi connectivity index (χ2v) is 6.70. The van der Waals surface area contributed by atoms with E-state index in [0.717, 1.165) is 19.3 Å². The van der Waals surface area contributed by atoms with Crippen molar-refractivity contribution in [2.75, 3.05) is 5.32 Å². The van der Waals surface area contributed by atoms with Crippen LogP contribution in [0.3, 0.4) is 0 Å². The molecule has 1 saturated carbocycles. The number of nitro groups is 1. The van der Waals surface area contributed by atoms with Crippen LogP contribution in [0.5, 0.6) is 0 Å². The van der Waals surface area contributed by atoms with Crippen LogP contribution in [-0.2, 0) is 7.05 Å². The zero-order chi connectivity index (χ0) is 15.1. The fourth-order valence-corrected chi connectivity index (χ4v) is 3.02. The van der Waals surface area contributed by atoms with Crippen LogP contribution in [0, 0.1) is 15.5 Å². The fourth-order valence-electron chi connectivity index (χ4n) is 3.02. The molecule has 0 aliphatic heterocycles. The molecule has 1 aliphatic rings. The van der Waals surface area contributed by atoms with Crippen molar-refractivity contribution < 1.29 is 4.92 Å². The topological polar surface area (TPSA) is 73.0 Å². The first kappa shape index (κ1) is 14.8. The molecule has 1 aromatic rings. The molecule has 1 N–H and O–H groups in total. The van der Waals surface area contributed by atoms with Crippen molar-refractivity contribution in [3.8, 4) is 0 Å². The molecular weight excluding hydrogens is 256 g/mol. The lowest BCUT2D eigenvalue weighted by atomic mass is 9.87. The Morgan fingerprint density at radius 1 is 1.50 bits per heavy atom. The third kappa shape index (κ3) is 2.51. The highest BCUT2D eigenvalue weighted by molar-refractivity contribution is 5.61. The maximum absolute atomic E-state index is 11.4. The number of rotatable bonds is 4. The lowest BCUT2D eigenvalue weighted by Crippen LogP contribution is -2.31. The summed E-state index contributed by atoms with van der Waals surface area (Å²) < 4.78 is 1.61. The minimum absolute atomic E-state index is 0.0359. The van der Waals surface area contributed by atoms with E-state index in [0.29, 0.717) is 11.5 Å². The lowest BCUT2D eigenvalue weighted by Gasteiger charge is -2.28. The maximum atomic E-state index is 11.4. The predicted molar refractivity (Wildman–Crippen MR) is 79.0 cm³/mol. The number of anilines is 1. The van der Waals surface area contributed by atoms with E-state index in [9.17, 15) is 10.1 Å². The van der Waals surface area contributed by atoms with Gasteiger partial charge in [-0.3, -0.25) is 10.1 Å². The number of nitrogens with one attached hydrogen (secondary N) is 1. The summed E-state index contributed by atoms with van der Waals surface area (Å²) in [6.45, 7) is 8.28. The van der Waals surface area contributed by atoms with Gasteiger partial charge in [-0.05, 0) is 18.3 Å². The Labute approximate surface area is 119 Å². The first-order valence-electron chi connectivity index (χ1n) is 7.22. The monoisotopic (exact) mass is 280 g/mol. The molecule has 0 aromatic carbocycles. The van der Waals surface area contributed by atoms with E-state index >= 15 is 0 Å². The second-order valence-electron chi connectivity index (χ2n) is 6.70. The van der Waals surface area contributed by atoms with Crippen molar-refractivity contribution in [2.45, 2.75) is 58.9 Å². The summed E-state index contributed by atoms with van der Waals surface area (Å²) in [6, 6.07) is 0.261. The van der Waals surface area contributed by atoms with Gasteiger partial charge in [0.1, 0.15) is 5.69 Å². The Morgan fingerprint density at radius 3 is 2.60 bits per heavy atom. The molecular formula is C14H24N4O2. The van der Waals surface area contributed by atoms with E-state index in [1.54, 1.807) is 11.7 Å². The number of nitrogens with zero attached hydrogens (tertiary/aromatic N) is 3. The third-order valence-corrected chi connectivity index (χ3v) is 4.35. The van der Waals surface area contributed by atoms with E-state index in [1.165, 1.54) is 0 Å². The predicted octanol–water partition coefficient (Wildman–Crippen LogP) is 3.44. The van der Waals surface area contributed by atoms with Crippen LogP contribution in [0.25, 0.3) is 0 Å². The fraction of sp³-hybridized carbons (Fsp3) is 0.786. The average Bonchev–Trinajstić information content (AvgIpc) is 2.81. The second kappa shape index (κ2) is 5.07. The first-order chi connectivity index (χ1) is 9.24. The summed E-state index contributed by atoms with van der Waals surface area (Å²) in [5.41, 5.74) is 0.844. The molecule has 0 radical (unpaired) electrons. The molecule has 0 spiro atoms. The van der Waals surface area contributed by atoms with Gasteiger partial charge in [0, 0.05) is 19.0 Å². The number of hydrogen-bond donors (Lipinski definition) is 1. The highest BCUT2D eigenvalue weighted by atomic mass is 16.6. The Hall–Kier alpha value is -1.59. The summed E-state index contributed by atoms with van der Waals surface area (Å²) in [5, 5.41) is 19.1. The quantitative estimate of drug-likeness (QED) is 0.677. The zero-order valence-electron chi connectivity index (χ0n) is 12.9. The molecule has 6 heteroatoms. The molecule has 1 aromatic heterocycles. The number of aromatic nitrogens is 2. The minimum atomic E-state index is -0.313. The van der Waals surface area contributed by atoms with Gasteiger partial charge in [0.2, 0.25) is 5.82 Å². The minimum Gasteiger partial charge on any atom is -0.361 e. The molecule has 0 amide bonds. The van der Waals surface area contributed by atoms with Gasteiger partial charge in [-0.15, -0.1) is 0 Å². The van der Waals surface area contributed by atoms with Gasteiger partial charge in [-0.2, -0.15) is 5.10 Å². The summed E-state index contributed by atoms with van der Waals surface area (Å²) in [7, 11) is 1.77. The van der Waals surface area contributed by atoms with Gasteiger partial charge in [0.15, 0.2) is 0 Å². The summed E-state index contributed by atoms with van der Waals surface area (Å²) in [5.74, 6) is 0.576. The SMILES string of the molecule is CC(C)c1nn(C)c(NC2CCCC2(C)C)c1[N+](=O)[O-]. The first-order valence-corrected chi connectivity index (χ1v) is 7.22. The van der Waals surface area contributed by atoms with Crippen molar-refractivity contribution in [3.05, 3.63) is 15.8 Å². The molecule has 1 heterocycles. The van der Waals surface area contributed by atoms with E-state index in [-0.39, 0.29) is 28.0 Å². The van der Waals surface area contributed by atoms with Crippen LogP contribution in [-0.4, -0.2) is 20.7 Å². The van der Waals surface area contributed by atoms with Crippen molar-refractivity contribution in [1.29, 1.82) is 0 Å². The smallest absolute Gasteiger partial charge is 0.334 e. The van der Waals surface area contributed by atoms with Crippen LogP contribution >= 0.6 is 0 Å². The maximum Gasteiger partial charge on any atom is 0.334 e. The summed E-state index contributed by atoms with van der Waals surface area (Å²) in [6.07, 6.45) is 3.35. The molecule has 1 aliphatic carbocycles. The molecule has 1 fully saturated rings. The molecule has 20 heavy (non-hydrogen) atoms. The normalized spacial score (nSPS) is 21.4. The van der Waals surface area contributed by atoms with Crippen molar-refractivity contribution in [2.24, 2.45) is 12.5 Å². The highest BCUT2D eigenvalue weighted by Gasteiger charge is 2.37. The summed E-state index contributed by atoms with van der Waals surface area (Å²) in [4.78, 5) is 11.1. The average molecular weight is 280 g/mol. The van der Waals surface area contributed by atoms with Gasteiger partial charge in [0.25, 0.3) is 0 Å². The lowest BCUT2D eigenvalue weighted by molar-refractivity contribution is -0.384. The summed E-state index contributed by atoms with van der Waals surface area (Å²) >= 11 is 0. The van der Waals surface area contributed by atoms with E-state index in [4.69, 9.17) is 0 Å².